The van der Waals surface area contributed by atoms with Gasteiger partial charge in [0.05, 0.1) is 18.9 Å². The van der Waals surface area contributed by atoms with Gasteiger partial charge in [0, 0.05) is 0 Å². The average Bonchev–Trinajstić information content (AvgIpc) is 2.38. The monoisotopic (exact) mass is 271 g/mol. The van der Waals surface area contributed by atoms with Gasteiger partial charge in [0.25, 0.3) is 0 Å². The summed E-state index contributed by atoms with van der Waals surface area (Å²) >= 11 is 0. The second kappa shape index (κ2) is 6.78. The molecule has 0 heterocycles. The van der Waals surface area contributed by atoms with Crippen LogP contribution in [0.2, 0.25) is 0 Å². The predicted octanol–water partition coefficient (Wildman–Crippen LogP) is 4.41. The van der Waals surface area contributed by atoms with Gasteiger partial charge < -0.3 is 9.05 Å². The smallest absolute Gasteiger partial charge is 0.308 e. The quantitative estimate of drug-likeness (QED) is 0.544. The molecule has 1 atom stereocenters. The van der Waals surface area contributed by atoms with E-state index in [0.717, 1.165) is 5.56 Å². The van der Waals surface area contributed by atoms with Crippen molar-refractivity contribution in [2.75, 3.05) is 13.2 Å². The molecule has 5 nitrogen and oxygen atoms in total. The molecule has 1 aromatic carbocycles. The lowest BCUT2D eigenvalue weighted by Crippen LogP contribution is -2.03. The van der Waals surface area contributed by atoms with Gasteiger partial charge in [-0.05, 0) is 43.6 Å². The first-order valence-electron chi connectivity index (χ1n) is 5.89. The molecule has 6 heteroatoms. The molecular formula is C12H18NO4P. The van der Waals surface area contributed by atoms with Crippen LogP contribution in [0.15, 0.2) is 29.4 Å². The second-order valence-electron chi connectivity index (χ2n) is 3.73. The Kier molecular flexibility index (Phi) is 5.66. The maximum atomic E-state index is 12.5. The number of nitrogens with zero attached hydrogens (tertiary/aromatic N) is 1. The van der Waals surface area contributed by atoms with Gasteiger partial charge in [-0.25, -0.2) is 0 Å². The van der Waals surface area contributed by atoms with E-state index in [4.69, 9.17) is 9.05 Å². The standard InChI is InChI=1S/C12H18NO4P/c1-4-16-18(15,17-5-2)10(3)11-6-8-12(13-14)9-7-11/h6-10H,4-5H2,1-3H3. The summed E-state index contributed by atoms with van der Waals surface area (Å²) in [5, 5.41) is 2.82. The average molecular weight is 271 g/mol. The molecule has 1 aromatic rings. The van der Waals surface area contributed by atoms with Crippen LogP contribution in [0.3, 0.4) is 0 Å². The molecule has 0 saturated heterocycles. The molecule has 1 unspecified atom stereocenters. The summed E-state index contributed by atoms with van der Waals surface area (Å²) in [4.78, 5) is 10.3. The van der Waals surface area contributed by atoms with Gasteiger partial charge in [-0.2, -0.15) is 0 Å². The minimum Gasteiger partial charge on any atom is -0.308 e. The summed E-state index contributed by atoms with van der Waals surface area (Å²) in [6.07, 6.45) is 0. The Morgan fingerprint density at radius 1 is 1.17 bits per heavy atom. The zero-order valence-corrected chi connectivity index (χ0v) is 11.7. The molecule has 0 aliphatic rings. The predicted molar refractivity (Wildman–Crippen MR) is 71.2 cm³/mol. The van der Waals surface area contributed by atoms with E-state index in [9.17, 15) is 9.47 Å². The lowest BCUT2D eigenvalue weighted by Gasteiger charge is -2.23. The van der Waals surface area contributed by atoms with E-state index in [-0.39, 0.29) is 5.66 Å². The molecule has 0 radical (unpaired) electrons. The summed E-state index contributed by atoms with van der Waals surface area (Å²) < 4.78 is 23.1. The SMILES string of the molecule is CCOP(=O)(OCC)C(C)c1ccc(N=O)cc1. The van der Waals surface area contributed by atoms with Crippen LogP contribution in [-0.2, 0) is 13.6 Å². The molecule has 0 aromatic heterocycles. The maximum Gasteiger partial charge on any atom is 0.337 e. The van der Waals surface area contributed by atoms with Crippen LogP contribution in [0.5, 0.6) is 0 Å². The van der Waals surface area contributed by atoms with Crippen molar-refractivity contribution in [3.63, 3.8) is 0 Å². The summed E-state index contributed by atoms with van der Waals surface area (Å²) in [5.74, 6) is 0. The van der Waals surface area contributed by atoms with E-state index in [0.29, 0.717) is 18.9 Å². The van der Waals surface area contributed by atoms with Crippen LogP contribution >= 0.6 is 7.60 Å². The maximum absolute atomic E-state index is 12.5. The number of rotatable bonds is 7. The van der Waals surface area contributed by atoms with E-state index in [1.54, 1.807) is 45.0 Å². The number of nitroso groups, excluding NO2 is 1. The minimum absolute atomic E-state index is 0.329. The molecule has 100 valence electrons. The van der Waals surface area contributed by atoms with Crippen LogP contribution in [-0.4, -0.2) is 13.2 Å². The molecule has 18 heavy (non-hydrogen) atoms. The molecule has 0 spiro atoms. The molecule has 0 amide bonds. The summed E-state index contributed by atoms with van der Waals surface area (Å²) in [6, 6.07) is 6.60. The molecule has 1 rings (SSSR count). The fourth-order valence-corrected chi connectivity index (χ4v) is 3.40. The van der Waals surface area contributed by atoms with E-state index >= 15 is 0 Å². The highest BCUT2D eigenvalue weighted by Gasteiger charge is 2.32. The molecule has 0 N–H and O–H groups in total. The van der Waals surface area contributed by atoms with Gasteiger partial charge in [0.15, 0.2) is 0 Å². The first kappa shape index (κ1) is 15.0. The fourth-order valence-electron chi connectivity index (χ4n) is 1.62. The van der Waals surface area contributed by atoms with Crippen molar-refractivity contribution in [2.24, 2.45) is 5.18 Å². The van der Waals surface area contributed by atoms with Crippen molar-refractivity contribution in [1.29, 1.82) is 0 Å². The molecule has 0 aliphatic carbocycles. The topological polar surface area (TPSA) is 65.0 Å². The summed E-state index contributed by atoms with van der Waals surface area (Å²) in [5.41, 5.74) is 0.763. The Balaban J connectivity index is 2.97. The largest absolute Gasteiger partial charge is 0.337 e. The van der Waals surface area contributed by atoms with Gasteiger partial charge in [0.2, 0.25) is 0 Å². The van der Waals surface area contributed by atoms with Gasteiger partial charge >= 0.3 is 7.60 Å². The van der Waals surface area contributed by atoms with Crippen LogP contribution < -0.4 is 0 Å². The Bertz CT molecular complexity index is 422. The Morgan fingerprint density at radius 3 is 2.06 bits per heavy atom. The zero-order valence-electron chi connectivity index (χ0n) is 10.8. The van der Waals surface area contributed by atoms with Crippen LogP contribution in [0.1, 0.15) is 32.0 Å². The third kappa shape index (κ3) is 3.48. The van der Waals surface area contributed by atoms with Crippen molar-refractivity contribution in [3.05, 3.63) is 34.7 Å². The number of hydrogen-bond acceptors (Lipinski definition) is 5. The van der Waals surface area contributed by atoms with Gasteiger partial charge in [0.1, 0.15) is 5.69 Å². The molecule has 0 saturated carbocycles. The summed E-state index contributed by atoms with van der Waals surface area (Å²) in [7, 11) is -3.16. The van der Waals surface area contributed by atoms with E-state index in [1.165, 1.54) is 0 Å². The fraction of sp³-hybridized carbons (Fsp3) is 0.500. The van der Waals surface area contributed by atoms with E-state index in [2.05, 4.69) is 5.18 Å². The Hall–Kier alpha value is -1.03. The molecule has 0 bridgehead atoms. The molecular weight excluding hydrogens is 253 g/mol. The van der Waals surface area contributed by atoms with E-state index < -0.39 is 7.60 Å². The first-order valence-corrected chi connectivity index (χ1v) is 7.50. The Morgan fingerprint density at radius 2 is 1.67 bits per heavy atom. The van der Waals surface area contributed by atoms with Gasteiger partial charge in [-0.1, -0.05) is 12.1 Å². The Labute approximate surface area is 107 Å². The number of benzene rings is 1. The highest BCUT2D eigenvalue weighted by Crippen LogP contribution is 2.60. The van der Waals surface area contributed by atoms with Gasteiger partial charge in [-0.15, -0.1) is 4.91 Å². The van der Waals surface area contributed by atoms with Crippen LogP contribution in [0.4, 0.5) is 5.69 Å². The van der Waals surface area contributed by atoms with Crippen molar-refractivity contribution in [3.8, 4) is 0 Å². The first-order chi connectivity index (χ1) is 8.57. The van der Waals surface area contributed by atoms with Crippen molar-refractivity contribution >= 4 is 13.3 Å². The van der Waals surface area contributed by atoms with Gasteiger partial charge in [-0.3, -0.25) is 4.57 Å². The highest BCUT2D eigenvalue weighted by atomic mass is 31.2. The third-order valence-corrected chi connectivity index (χ3v) is 5.06. The van der Waals surface area contributed by atoms with Crippen LogP contribution in [0.25, 0.3) is 0 Å². The molecule has 0 aliphatic heterocycles. The number of hydrogen-bond donors (Lipinski definition) is 0. The molecule has 0 fully saturated rings. The van der Waals surface area contributed by atoms with Crippen molar-refractivity contribution < 1.29 is 13.6 Å². The van der Waals surface area contributed by atoms with Crippen LogP contribution in [0, 0.1) is 4.91 Å². The van der Waals surface area contributed by atoms with Crippen molar-refractivity contribution in [1.82, 2.24) is 0 Å². The summed E-state index contributed by atoms with van der Waals surface area (Å²) in [6.45, 7) is 6.00. The van der Waals surface area contributed by atoms with Crippen molar-refractivity contribution in [2.45, 2.75) is 26.4 Å². The van der Waals surface area contributed by atoms with E-state index in [1.807, 2.05) is 0 Å². The lowest BCUT2D eigenvalue weighted by molar-refractivity contribution is 0.213. The third-order valence-electron chi connectivity index (χ3n) is 2.57. The normalized spacial score (nSPS) is 13.3. The zero-order chi connectivity index (χ0) is 13.6. The minimum atomic E-state index is -3.16. The second-order valence-corrected chi connectivity index (χ2v) is 6.10. The highest BCUT2D eigenvalue weighted by molar-refractivity contribution is 7.54. The lowest BCUT2D eigenvalue weighted by atomic mass is 10.1.